The molecule has 1 atom stereocenters. The number of rotatable bonds is 5. The maximum Gasteiger partial charge on any atom is 0.256 e. The zero-order valence-electron chi connectivity index (χ0n) is 17.7. The van der Waals surface area contributed by atoms with Crippen molar-refractivity contribution in [3.05, 3.63) is 59.8 Å². The summed E-state index contributed by atoms with van der Waals surface area (Å²) in [5, 5.41) is 0.957. The van der Waals surface area contributed by atoms with Crippen LogP contribution in [0.5, 0.6) is 5.75 Å². The number of carbonyl (C=O) groups is 1. The molecule has 1 aliphatic heterocycles. The van der Waals surface area contributed by atoms with Gasteiger partial charge in [0.1, 0.15) is 5.75 Å². The van der Waals surface area contributed by atoms with Crippen LogP contribution in [0.2, 0.25) is 0 Å². The number of carbonyl (C=O) groups excluding carboxylic acids is 1. The number of amides is 1. The number of methoxy groups -OCH3 is 1. The molecule has 2 aromatic carbocycles. The number of fused-ring (bicyclic) bond motifs is 1. The summed E-state index contributed by atoms with van der Waals surface area (Å²) in [5.74, 6) is 1.34. The van der Waals surface area contributed by atoms with Gasteiger partial charge in [0.05, 0.1) is 12.7 Å². The van der Waals surface area contributed by atoms with Gasteiger partial charge in [-0.2, -0.15) is 0 Å². The maximum atomic E-state index is 13.4. The lowest BCUT2D eigenvalue weighted by Crippen LogP contribution is -2.33. The van der Waals surface area contributed by atoms with E-state index in [1.54, 1.807) is 7.11 Å². The average Bonchev–Trinajstić information content (AvgIpc) is 3.31. The van der Waals surface area contributed by atoms with Crippen LogP contribution in [0.4, 0.5) is 5.69 Å². The van der Waals surface area contributed by atoms with Gasteiger partial charge in [0.2, 0.25) is 0 Å². The first-order chi connectivity index (χ1) is 14.0. The predicted molar refractivity (Wildman–Crippen MR) is 118 cm³/mol. The fraction of sp³-hybridized carbons (Fsp3) is 0.375. The monoisotopic (exact) mass is 391 g/mol. The summed E-state index contributed by atoms with van der Waals surface area (Å²) >= 11 is 0. The molecule has 152 valence electrons. The van der Waals surface area contributed by atoms with Crippen molar-refractivity contribution in [2.24, 2.45) is 13.0 Å². The molecule has 4 rings (SSSR count). The van der Waals surface area contributed by atoms with Crippen molar-refractivity contribution in [3.8, 4) is 5.75 Å². The van der Waals surface area contributed by atoms with Crippen LogP contribution in [-0.4, -0.2) is 49.2 Å². The summed E-state index contributed by atoms with van der Waals surface area (Å²) < 4.78 is 7.47. The molecule has 5 nitrogen and oxygen atoms in total. The van der Waals surface area contributed by atoms with Gasteiger partial charge in [0.25, 0.3) is 5.91 Å². The summed E-state index contributed by atoms with van der Waals surface area (Å²) in [7, 11) is 5.59. The molecule has 1 aromatic heterocycles. The molecular weight excluding hydrogens is 362 g/mol. The second-order valence-corrected chi connectivity index (χ2v) is 8.02. The Morgan fingerprint density at radius 1 is 1.21 bits per heavy atom. The minimum Gasteiger partial charge on any atom is -0.497 e. The maximum absolute atomic E-state index is 13.4. The van der Waals surface area contributed by atoms with Crippen LogP contribution in [0.1, 0.15) is 22.5 Å². The van der Waals surface area contributed by atoms with Crippen molar-refractivity contribution in [1.29, 1.82) is 0 Å². The number of ether oxygens (including phenoxy) is 1. The third-order valence-electron chi connectivity index (χ3n) is 6.20. The van der Waals surface area contributed by atoms with Gasteiger partial charge in [-0.3, -0.25) is 4.79 Å². The van der Waals surface area contributed by atoms with Crippen LogP contribution < -0.4 is 9.64 Å². The van der Waals surface area contributed by atoms with Crippen LogP contribution in [-0.2, 0) is 7.05 Å². The lowest BCUT2D eigenvalue weighted by molar-refractivity contribution is 0.0777. The quantitative estimate of drug-likeness (QED) is 0.657. The predicted octanol–water partition coefficient (Wildman–Crippen LogP) is 4.09. The van der Waals surface area contributed by atoms with Crippen molar-refractivity contribution in [2.75, 3.05) is 38.7 Å². The molecule has 2 heterocycles. The molecule has 0 bridgehead atoms. The van der Waals surface area contributed by atoms with Gasteiger partial charge in [-0.05, 0) is 49.6 Å². The third kappa shape index (κ3) is 3.57. The van der Waals surface area contributed by atoms with Gasteiger partial charge < -0.3 is 19.1 Å². The molecule has 0 spiro atoms. The van der Waals surface area contributed by atoms with Crippen LogP contribution in [0.25, 0.3) is 10.9 Å². The molecule has 5 heteroatoms. The minimum absolute atomic E-state index is 0.0829. The first kappa shape index (κ1) is 19.4. The molecule has 3 aromatic rings. The molecule has 1 unspecified atom stereocenters. The lowest BCUT2D eigenvalue weighted by Gasteiger charge is -2.23. The van der Waals surface area contributed by atoms with Gasteiger partial charge >= 0.3 is 0 Å². The summed E-state index contributed by atoms with van der Waals surface area (Å²) in [6.45, 7) is 4.81. The van der Waals surface area contributed by atoms with Gasteiger partial charge in [0.15, 0.2) is 0 Å². The lowest BCUT2D eigenvalue weighted by atomic mass is 10.1. The molecule has 0 aliphatic carbocycles. The highest BCUT2D eigenvalue weighted by Crippen LogP contribution is 2.30. The minimum atomic E-state index is 0.0829. The molecular formula is C24H29N3O2. The number of benzene rings is 2. The molecule has 0 saturated carbocycles. The molecule has 1 amide bonds. The molecule has 0 radical (unpaired) electrons. The summed E-state index contributed by atoms with van der Waals surface area (Å²) in [6, 6.07) is 16.4. The van der Waals surface area contributed by atoms with Gasteiger partial charge in [0, 0.05) is 56.0 Å². The topological polar surface area (TPSA) is 37.7 Å². The first-order valence-corrected chi connectivity index (χ1v) is 10.2. The zero-order valence-corrected chi connectivity index (χ0v) is 17.7. The van der Waals surface area contributed by atoms with E-state index in [9.17, 15) is 4.79 Å². The Morgan fingerprint density at radius 2 is 1.97 bits per heavy atom. The number of hydrogen-bond donors (Lipinski definition) is 0. The van der Waals surface area contributed by atoms with Crippen LogP contribution in [0.3, 0.4) is 0 Å². The highest BCUT2D eigenvalue weighted by atomic mass is 16.5. The fourth-order valence-electron chi connectivity index (χ4n) is 4.46. The molecule has 1 aliphatic rings. The van der Waals surface area contributed by atoms with E-state index in [2.05, 4.69) is 33.7 Å². The van der Waals surface area contributed by atoms with Crippen molar-refractivity contribution < 1.29 is 9.53 Å². The van der Waals surface area contributed by atoms with Crippen LogP contribution in [0.15, 0.2) is 48.5 Å². The number of aryl methyl sites for hydroxylation is 1. The summed E-state index contributed by atoms with van der Waals surface area (Å²) in [5.41, 5.74) is 4.08. The van der Waals surface area contributed by atoms with E-state index >= 15 is 0 Å². The van der Waals surface area contributed by atoms with Crippen molar-refractivity contribution in [1.82, 2.24) is 9.47 Å². The third-order valence-corrected chi connectivity index (χ3v) is 6.20. The number of anilines is 1. The normalized spacial score (nSPS) is 16.4. The second kappa shape index (κ2) is 7.82. The van der Waals surface area contributed by atoms with Crippen molar-refractivity contribution in [2.45, 2.75) is 13.3 Å². The number of hydrogen-bond acceptors (Lipinski definition) is 3. The Labute approximate surface area is 172 Å². The molecule has 1 saturated heterocycles. The van der Waals surface area contributed by atoms with E-state index in [0.717, 1.165) is 54.0 Å². The average molecular weight is 392 g/mol. The number of aromatic nitrogens is 1. The number of nitrogens with zero attached hydrogens (tertiary/aromatic N) is 3. The highest BCUT2D eigenvalue weighted by molar-refractivity contribution is 6.08. The van der Waals surface area contributed by atoms with E-state index in [4.69, 9.17) is 4.74 Å². The Morgan fingerprint density at radius 3 is 2.69 bits per heavy atom. The Balaban J connectivity index is 1.52. The zero-order chi connectivity index (χ0) is 20.5. The fourth-order valence-corrected chi connectivity index (χ4v) is 4.46. The highest BCUT2D eigenvalue weighted by Gasteiger charge is 2.27. The molecule has 1 fully saturated rings. The second-order valence-electron chi connectivity index (χ2n) is 8.02. The summed E-state index contributed by atoms with van der Waals surface area (Å²) in [4.78, 5) is 17.7. The van der Waals surface area contributed by atoms with Crippen LogP contribution in [0, 0.1) is 12.8 Å². The van der Waals surface area contributed by atoms with E-state index in [-0.39, 0.29) is 5.91 Å². The van der Waals surface area contributed by atoms with E-state index in [1.165, 1.54) is 5.69 Å². The molecule has 0 N–H and O–H groups in total. The Hall–Kier alpha value is -2.95. The van der Waals surface area contributed by atoms with E-state index < -0.39 is 0 Å². The van der Waals surface area contributed by atoms with Crippen molar-refractivity contribution in [3.63, 3.8) is 0 Å². The number of para-hydroxylation sites is 1. The summed E-state index contributed by atoms with van der Waals surface area (Å²) in [6.07, 6.45) is 1.11. The van der Waals surface area contributed by atoms with Gasteiger partial charge in [-0.25, -0.2) is 0 Å². The Kier molecular flexibility index (Phi) is 5.22. The Bertz CT molecular complexity index is 1030. The first-order valence-electron chi connectivity index (χ1n) is 10.2. The molecule has 29 heavy (non-hydrogen) atoms. The van der Waals surface area contributed by atoms with Crippen LogP contribution >= 0.6 is 0 Å². The standard InChI is InChI=1S/C24H29N3O2/c1-17-23(21-14-20(29-4)10-11-22(21)26(17)3)24(28)25(2)15-18-12-13-27(16-18)19-8-6-5-7-9-19/h5-11,14,18H,12-13,15-16H2,1-4H3. The smallest absolute Gasteiger partial charge is 0.256 e. The van der Waals surface area contributed by atoms with Gasteiger partial charge in [-0.15, -0.1) is 0 Å². The largest absolute Gasteiger partial charge is 0.497 e. The van der Waals surface area contributed by atoms with E-state index in [0.29, 0.717) is 5.92 Å². The van der Waals surface area contributed by atoms with Crippen molar-refractivity contribution >= 4 is 22.5 Å². The SMILES string of the molecule is COc1ccc2c(c1)c(C(=O)N(C)CC1CCN(c3ccccc3)C1)c(C)n2C. The van der Waals surface area contributed by atoms with E-state index in [1.807, 2.05) is 50.2 Å². The van der Waals surface area contributed by atoms with Gasteiger partial charge in [-0.1, -0.05) is 18.2 Å².